The van der Waals surface area contributed by atoms with Crippen molar-refractivity contribution in [3.63, 3.8) is 0 Å². The molecule has 2 saturated carbocycles. The Morgan fingerprint density at radius 3 is 2.26 bits per heavy atom. The van der Waals surface area contributed by atoms with Crippen molar-refractivity contribution in [1.82, 2.24) is 4.90 Å². The number of hydrogen-bond donors (Lipinski definition) is 2. The molecule has 1 heterocycles. The second-order valence-corrected chi connectivity index (χ2v) is 7.10. The fourth-order valence-electron chi connectivity index (χ4n) is 4.15. The minimum Gasteiger partial charge on any atom is -0.480 e. The van der Waals surface area contributed by atoms with Crippen molar-refractivity contribution in [1.29, 1.82) is 0 Å². The molecular formula is C15H26N2O2. The molecule has 0 aromatic heterocycles. The Morgan fingerprint density at radius 2 is 1.79 bits per heavy atom. The van der Waals surface area contributed by atoms with Crippen molar-refractivity contribution in [2.24, 2.45) is 17.1 Å². The fourth-order valence-corrected chi connectivity index (χ4v) is 4.15. The Morgan fingerprint density at radius 1 is 1.21 bits per heavy atom. The van der Waals surface area contributed by atoms with E-state index < -0.39 is 11.5 Å². The Labute approximate surface area is 115 Å². The molecule has 3 N–H and O–H groups in total. The van der Waals surface area contributed by atoms with Gasteiger partial charge >= 0.3 is 5.97 Å². The van der Waals surface area contributed by atoms with Gasteiger partial charge in [0.25, 0.3) is 0 Å². The van der Waals surface area contributed by atoms with Crippen LogP contribution in [0.15, 0.2) is 0 Å². The molecule has 4 nitrogen and oxygen atoms in total. The van der Waals surface area contributed by atoms with Gasteiger partial charge in [0.1, 0.15) is 5.54 Å². The van der Waals surface area contributed by atoms with Crippen LogP contribution in [0.25, 0.3) is 0 Å². The molecular weight excluding hydrogens is 240 g/mol. The Hall–Kier alpha value is -0.610. The van der Waals surface area contributed by atoms with Crippen LogP contribution >= 0.6 is 0 Å². The molecule has 108 valence electrons. The van der Waals surface area contributed by atoms with Crippen LogP contribution in [0.3, 0.4) is 0 Å². The van der Waals surface area contributed by atoms with Crippen LogP contribution in [0, 0.1) is 11.3 Å². The zero-order valence-electron chi connectivity index (χ0n) is 11.7. The molecule has 19 heavy (non-hydrogen) atoms. The topological polar surface area (TPSA) is 66.6 Å². The maximum Gasteiger partial charge on any atom is 0.325 e. The SMILES string of the molecule is NC(CN1CCC2(CCCC2)CC1)(C(=O)O)C1CC1. The number of likely N-dealkylation sites (tertiary alicyclic amines) is 1. The summed E-state index contributed by atoms with van der Waals surface area (Å²) in [5, 5.41) is 9.43. The molecule has 0 radical (unpaired) electrons. The third-order valence-corrected chi connectivity index (χ3v) is 5.77. The monoisotopic (exact) mass is 266 g/mol. The predicted octanol–water partition coefficient (Wildman–Crippen LogP) is 1.83. The van der Waals surface area contributed by atoms with E-state index in [4.69, 9.17) is 5.73 Å². The third-order valence-electron chi connectivity index (χ3n) is 5.77. The lowest BCUT2D eigenvalue weighted by Gasteiger charge is -2.42. The van der Waals surface area contributed by atoms with Crippen molar-refractivity contribution in [3.05, 3.63) is 0 Å². The van der Waals surface area contributed by atoms with Crippen molar-refractivity contribution in [2.45, 2.75) is 56.9 Å². The van der Waals surface area contributed by atoms with E-state index in [1.807, 2.05) is 0 Å². The Balaban J connectivity index is 1.58. The van der Waals surface area contributed by atoms with Gasteiger partial charge in [0.2, 0.25) is 0 Å². The molecule has 0 aromatic rings. The van der Waals surface area contributed by atoms with Crippen molar-refractivity contribution >= 4 is 5.97 Å². The minimum atomic E-state index is -1.000. The molecule has 2 aliphatic carbocycles. The van der Waals surface area contributed by atoms with Crippen LogP contribution in [0.2, 0.25) is 0 Å². The summed E-state index contributed by atoms with van der Waals surface area (Å²) in [7, 11) is 0. The highest BCUT2D eigenvalue weighted by Crippen LogP contribution is 2.46. The van der Waals surface area contributed by atoms with Gasteiger partial charge in [0.05, 0.1) is 0 Å². The van der Waals surface area contributed by atoms with Crippen LogP contribution in [0.5, 0.6) is 0 Å². The number of nitrogens with zero attached hydrogens (tertiary/aromatic N) is 1. The van der Waals surface area contributed by atoms with Crippen LogP contribution in [-0.4, -0.2) is 41.1 Å². The molecule has 1 spiro atoms. The maximum absolute atomic E-state index is 11.5. The zero-order chi connectivity index (χ0) is 13.5. The van der Waals surface area contributed by atoms with E-state index in [1.165, 1.54) is 38.5 Å². The summed E-state index contributed by atoms with van der Waals surface area (Å²) >= 11 is 0. The van der Waals surface area contributed by atoms with E-state index >= 15 is 0 Å². The maximum atomic E-state index is 11.5. The first-order valence-corrected chi connectivity index (χ1v) is 7.79. The highest BCUT2D eigenvalue weighted by molar-refractivity contribution is 5.79. The second-order valence-electron chi connectivity index (χ2n) is 7.10. The highest BCUT2D eigenvalue weighted by atomic mass is 16.4. The number of hydrogen-bond acceptors (Lipinski definition) is 3. The lowest BCUT2D eigenvalue weighted by Crippen LogP contribution is -2.59. The van der Waals surface area contributed by atoms with Crippen LogP contribution in [-0.2, 0) is 4.79 Å². The second kappa shape index (κ2) is 4.74. The number of piperidine rings is 1. The van der Waals surface area contributed by atoms with E-state index in [1.54, 1.807) is 0 Å². The fraction of sp³-hybridized carbons (Fsp3) is 0.933. The highest BCUT2D eigenvalue weighted by Gasteiger charge is 2.50. The first kappa shape index (κ1) is 13.4. The standard InChI is InChI=1S/C15H26N2O2/c16-15(13(18)19,12-3-4-12)11-17-9-7-14(8-10-17)5-1-2-6-14/h12H,1-11,16H2,(H,18,19). The smallest absolute Gasteiger partial charge is 0.325 e. The molecule has 4 heteroatoms. The summed E-state index contributed by atoms with van der Waals surface area (Å²) in [6.07, 6.45) is 10.0. The molecule has 1 atom stereocenters. The molecule has 3 rings (SSSR count). The van der Waals surface area contributed by atoms with Gasteiger partial charge in [0.15, 0.2) is 0 Å². The van der Waals surface area contributed by atoms with Crippen LogP contribution < -0.4 is 5.73 Å². The number of carbonyl (C=O) groups is 1. The molecule has 1 saturated heterocycles. The van der Waals surface area contributed by atoms with Gasteiger partial charge in [-0.3, -0.25) is 4.79 Å². The molecule has 0 amide bonds. The number of carboxylic acid groups (broad SMARTS) is 1. The van der Waals surface area contributed by atoms with Crippen LogP contribution in [0.4, 0.5) is 0 Å². The average Bonchev–Trinajstić information content (AvgIpc) is 3.15. The minimum absolute atomic E-state index is 0.201. The van der Waals surface area contributed by atoms with E-state index in [9.17, 15) is 9.90 Å². The van der Waals surface area contributed by atoms with Gasteiger partial charge in [-0.15, -0.1) is 0 Å². The van der Waals surface area contributed by atoms with E-state index in [-0.39, 0.29) is 5.92 Å². The van der Waals surface area contributed by atoms with Crippen LogP contribution in [0.1, 0.15) is 51.4 Å². The molecule has 0 bridgehead atoms. The molecule has 3 fully saturated rings. The van der Waals surface area contributed by atoms with Gasteiger partial charge in [-0.05, 0) is 62.9 Å². The van der Waals surface area contributed by atoms with Gasteiger partial charge in [-0.2, -0.15) is 0 Å². The average molecular weight is 266 g/mol. The number of rotatable bonds is 4. The third kappa shape index (κ3) is 2.52. The number of nitrogens with two attached hydrogens (primary N) is 1. The Bertz CT molecular complexity index is 351. The predicted molar refractivity (Wildman–Crippen MR) is 73.9 cm³/mol. The first-order valence-electron chi connectivity index (χ1n) is 7.79. The normalized spacial score (nSPS) is 30.4. The quantitative estimate of drug-likeness (QED) is 0.814. The molecule has 1 aliphatic heterocycles. The summed E-state index contributed by atoms with van der Waals surface area (Å²) in [4.78, 5) is 13.8. The molecule has 3 aliphatic rings. The molecule has 0 aromatic carbocycles. The van der Waals surface area contributed by atoms with Crippen molar-refractivity contribution in [2.75, 3.05) is 19.6 Å². The lowest BCUT2D eigenvalue weighted by atomic mass is 9.76. The summed E-state index contributed by atoms with van der Waals surface area (Å²) < 4.78 is 0. The summed E-state index contributed by atoms with van der Waals surface area (Å²) in [5.74, 6) is -0.608. The Kier molecular flexibility index (Phi) is 3.34. The van der Waals surface area contributed by atoms with Gasteiger partial charge < -0.3 is 15.7 Å². The largest absolute Gasteiger partial charge is 0.480 e. The zero-order valence-corrected chi connectivity index (χ0v) is 11.7. The summed E-state index contributed by atoms with van der Waals surface area (Å²) in [5.41, 5.74) is 5.77. The summed E-state index contributed by atoms with van der Waals surface area (Å²) in [6.45, 7) is 2.63. The van der Waals surface area contributed by atoms with Gasteiger partial charge in [0, 0.05) is 6.54 Å². The molecule has 1 unspecified atom stereocenters. The van der Waals surface area contributed by atoms with E-state index in [0.29, 0.717) is 12.0 Å². The lowest BCUT2D eigenvalue weighted by molar-refractivity contribution is -0.145. The van der Waals surface area contributed by atoms with Crippen molar-refractivity contribution < 1.29 is 9.90 Å². The van der Waals surface area contributed by atoms with Gasteiger partial charge in [-0.1, -0.05) is 12.8 Å². The number of aliphatic carboxylic acids is 1. The van der Waals surface area contributed by atoms with E-state index in [2.05, 4.69) is 4.90 Å². The van der Waals surface area contributed by atoms with Crippen molar-refractivity contribution in [3.8, 4) is 0 Å². The summed E-state index contributed by atoms with van der Waals surface area (Å²) in [6, 6.07) is 0. The number of carboxylic acids is 1. The first-order chi connectivity index (χ1) is 9.04. The van der Waals surface area contributed by atoms with E-state index in [0.717, 1.165) is 25.9 Å². The van der Waals surface area contributed by atoms with Gasteiger partial charge in [-0.25, -0.2) is 0 Å².